The Bertz CT molecular complexity index is 686. The molecule has 0 N–H and O–H groups in total. The minimum atomic E-state index is -0.451. The summed E-state index contributed by atoms with van der Waals surface area (Å²) >= 11 is 0. The van der Waals surface area contributed by atoms with Crippen molar-refractivity contribution in [3.8, 4) is 0 Å². The van der Waals surface area contributed by atoms with Crippen molar-refractivity contribution >= 4 is 33.0 Å². The van der Waals surface area contributed by atoms with Gasteiger partial charge < -0.3 is 0 Å². The molecule has 0 atom stereocenters. The van der Waals surface area contributed by atoms with E-state index < -0.39 is 9.85 Å². The van der Waals surface area contributed by atoms with Crippen molar-refractivity contribution in [2.75, 3.05) is 0 Å². The van der Waals surface area contributed by atoms with E-state index in [2.05, 4.69) is 0 Å². The van der Waals surface area contributed by atoms with Gasteiger partial charge in [0.05, 0.1) is 19.6 Å². The highest BCUT2D eigenvalue weighted by atomic mass is 33.1. The molecule has 2 aromatic carbocycles. The SMILES string of the molecule is Cc1ccc([N+](=O)[O-])c(SSc2cc(C)ccc2[N+](=O)[O-])c1. The first-order valence-corrected chi connectivity index (χ1v) is 8.38. The van der Waals surface area contributed by atoms with E-state index in [-0.39, 0.29) is 11.4 Å². The maximum Gasteiger partial charge on any atom is 0.283 e. The van der Waals surface area contributed by atoms with Crippen LogP contribution in [-0.2, 0) is 0 Å². The molecule has 6 nitrogen and oxygen atoms in total. The van der Waals surface area contributed by atoms with E-state index in [1.165, 1.54) is 12.1 Å². The Morgan fingerprint density at radius 3 is 1.45 bits per heavy atom. The second-order valence-electron chi connectivity index (χ2n) is 4.62. The number of nitro benzene ring substituents is 2. The largest absolute Gasteiger partial charge is 0.283 e. The number of hydrogen-bond donors (Lipinski definition) is 0. The van der Waals surface area contributed by atoms with Crippen LogP contribution in [0.5, 0.6) is 0 Å². The molecule has 0 spiro atoms. The minimum Gasteiger partial charge on any atom is -0.258 e. The molecule has 0 aliphatic heterocycles. The maximum absolute atomic E-state index is 11.0. The van der Waals surface area contributed by atoms with Gasteiger partial charge in [0.2, 0.25) is 0 Å². The highest BCUT2D eigenvalue weighted by molar-refractivity contribution is 8.76. The lowest BCUT2D eigenvalue weighted by Gasteiger charge is -2.05. The van der Waals surface area contributed by atoms with Gasteiger partial charge in [-0.2, -0.15) is 0 Å². The summed E-state index contributed by atoms with van der Waals surface area (Å²) in [6.45, 7) is 3.68. The van der Waals surface area contributed by atoms with Crippen molar-refractivity contribution in [3.63, 3.8) is 0 Å². The maximum atomic E-state index is 11.0. The summed E-state index contributed by atoms with van der Waals surface area (Å²) in [6.07, 6.45) is 0. The Morgan fingerprint density at radius 1 is 0.773 bits per heavy atom. The van der Waals surface area contributed by atoms with Gasteiger partial charge in [0.25, 0.3) is 11.4 Å². The molecule has 22 heavy (non-hydrogen) atoms. The first-order valence-electron chi connectivity index (χ1n) is 6.23. The van der Waals surface area contributed by atoms with Gasteiger partial charge in [0.15, 0.2) is 0 Å². The summed E-state index contributed by atoms with van der Waals surface area (Å²) in [5, 5.41) is 22.1. The predicted molar refractivity (Wildman–Crippen MR) is 87.4 cm³/mol. The summed E-state index contributed by atoms with van der Waals surface area (Å²) in [7, 11) is 2.31. The quantitative estimate of drug-likeness (QED) is 0.437. The Morgan fingerprint density at radius 2 is 1.14 bits per heavy atom. The highest BCUT2D eigenvalue weighted by Crippen LogP contribution is 2.45. The fourth-order valence-electron chi connectivity index (χ4n) is 1.77. The van der Waals surface area contributed by atoms with Gasteiger partial charge in [0.1, 0.15) is 0 Å². The summed E-state index contributed by atoms with van der Waals surface area (Å²) < 4.78 is 0. The average Bonchev–Trinajstić information content (AvgIpc) is 2.44. The van der Waals surface area contributed by atoms with Gasteiger partial charge >= 0.3 is 0 Å². The first-order chi connectivity index (χ1) is 10.4. The van der Waals surface area contributed by atoms with Crippen molar-refractivity contribution in [3.05, 3.63) is 67.8 Å². The van der Waals surface area contributed by atoms with Gasteiger partial charge in [-0.05, 0) is 58.7 Å². The molecule has 114 valence electrons. The summed E-state index contributed by atoms with van der Waals surface area (Å²) in [5.74, 6) is 0. The van der Waals surface area contributed by atoms with Crippen molar-refractivity contribution in [1.82, 2.24) is 0 Å². The molecule has 0 saturated heterocycles. The van der Waals surface area contributed by atoms with E-state index in [4.69, 9.17) is 0 Å². The fourth-order valence-corrected chi connectivity index (χ4v) is 4.21. The Balaban J connectivity index is 2.31. The molecule has 0 aromatic heterocycles. The van der Waals surface area contributed by atoms with Crippen LogP contribution >= 0.6 is 21.6 Å². The number of nitro groups is 2. The normalized spacial score (nSPS) is 10.5. The first kappa shape index (κ1) is 16.3. The molecular weight excluding hydrogens is 324 g/mol. The van der Waals surface area contributed by atoms with Gasteiger partial charge in [0, 0.05) is 12.1 Å². The molecule has 0 aliphatic carbocycles. The van der Waals surface area contributed by atoms with Crippen LogP contribution in [0.4, 0.5) is 11.4 Å². The third-order valence-corrected chi connectivity index (χ3v) is 5.27. The minimum absolute atomic E-state index is 0.00148. The van der Waals surface area contributed by atoms with Crippen molar-refractivity contribution in [2.24, 2.45) is 0 Å². The molecule has 2 rings (SSSR count). The molecule has 0 bridgehead atoms. The topological polar surface area (TPSA) is 86.3 Å². The van der Waals surface area contributed by atoms with E-state index >= 15 is 0 Å². The lowest BCUT2D eigenvalue weighted by atomic mass is 10.2. The van der Waals surface area contributed by atoms with Crippen LogP contribution in [0.2, 0.25) is 0 Å². The van der Waals surface area contributed by atoms with Crippen LogP contribution in [0.15, 0.2) is 46.2 Å². The van der Waals surface area contributed by atoms with Crippen molar-refractivity contribution in [2.45, 2.75) is 23.6 Å². The van der Waals surface area contributed by atoms with E-state index in [0.717, 1.165) is 32.7 Å². The lowest BCUT2D eigenvalue weighted by molar-refractivity contribution is -0.388. The average molecular weight is 336 g/mol. The molecule has 0 unspecified atom stereocenters. The smallest absolute Gasteiger partial charge is 0.258 e. The number of hydrogen-bond acceptors (Lipinski definition) is 6. The van der Waals surface area contributed by atoms with Gasteiger partial charge in [-0.3, -0.25) is 20.2 Å². The number of nitrogens with zero attached hydrogens (tertiary/aromatic N) is 2. The van der Waals surface area contributed by atoms with E-state index in [9.17, 15) is 20.2 Å². The Kier molecular flexibility index (Phi) is 5.04. The van der Waals surface area contributed by atoms with Gasteiger partial charge in [-0.1, -0.05) is 12.1 Å². The lowest BCUT2D eigenvalue weighted by Crippen LogP contribution is -1.92. The van der Waals surface area contributed by atoms with Crippen molar-refractivity contribution in [1.29, 1.82) is 0 Å². The molecule has 0 amide bonds. The van der Waals surface area contributed by atoms with Crippen LogP contribution in [0.1, 0.15) is 11.1 Å². The molecule has 0 saturated carbocycles. The Labute approximate surface area is 134 Å². The van der Waals surface area contributed by atoms with E-state index in [0.29, 0.717) is 9.79 Å². The molecule has 8 heteroatoms. The second kappa shape index (κ2) is 6.80. The van der Waals surface area contributed by atoms with Crippen LogP contribution in [0.3, 0.4) is 0 Å². The monoisotopic (exact) mass is 336 g/mol. The fraction of sp³-hybridized carbons (Fsp3) is 0.143. The molecule has 0 heterocycles. The molecule has 0 radical (unpaired) electrons. The molecule has 2 aromatic rings. The summed E-state index contributed by atoms with van der Waals surface area (Å²) in [6, 6.07) is 9.64. The highest BCUT2D eigenvalue weighted by Gasteiger charge is 2.18. The van der Waals surface area contributed by atoms with Crippen LogP contribution in [0.25, 0.3) is 0 Å². The zero-order chi connectivity index (χ0) is 16.3. The predicted octanol–water partition coefficient (Wildman–Crippen LogP) is 4.92. The standard InChI is InChI=1S/C14H12N2O4S2/c1-9-3-5-11(15(17)18)13(7-9)21-22-14-8-10(2)4-6-12(14)16(19)20/h3-8H,1-2H3. The number of aryl methyl sites for hydroxylation is 2. The van der Waals surface area contributed by atoms with E-state index in [1.807, 2.05) is 13.8 Å². The van der Waals surface area contributed by atoms with Crippen LogP contribution in [0, 0.1) is 34.1 Å². The van der Waals surface area contributed by atoms with Crippen LogP contribution < -0.4 is 0 Å². The van der Waals surface area contributed by atoms with E-state index in [1.54, 1.807) is 24.3 Å². The summed E-state index contributed by atoms with van der Waals surface area (Å²) in [4.78, 5) is 22.1. The zero-order valence-corrected chi connectivity index (χ0v) is 13.4. The summed E-state index contributed by atoms with van der Waals surface area (Å²) in [5.41, 5.74) is 1.79. The third kappa shape index (κ3) is 3.77. The third-order valence-electron chi connectivity index (χ3n) is 2.85. The molecule has 0 aliphatic rings. The zero-order valence-electron chi connectivity index (χ0n) is 11.8. The second-order valence-corrected chi connectivity index (χ2v) is 6.84. The van der Waals surface area contributed by atoms with Crippen molar-refractivity contribution < 1.29 is 9.85 Å². The number of rotatable bonds is 5. The van der Waals surface area contributed by atoms with Gasteiger partial charge in [-0.25, -0.2) is 0 Å². The Hall–Kier alpha value is -2.06. The molecule has 0 fully saturated rings. The number of benzene rings is 2. The molecular formula is C14H12N2O4S2. The van der Waals surface area contributed by atoms with Crippen LogP contribution in [-0.4, -0.2) is 9.85 Å². The van der Waals surface area contributed by atoms with Gasteiger partial charge in [-0.15, -0.1) is 0 Å².